The molecule has 4 aromatic rings. The molecule has 3 fully saturated rings. The predicted octanol–water partition coefficient (Wildman–Crippen LogP) is 3.47. The van der Waals surface area contributed by atoms with Crippen LogP contribution in [0.5, 0.6) is 5.75 Å². The third kappa shape index (κ3) is 3.48. The van der Waals surface area contributed by atoms with E-state index in [0.29, 0.717) is 22.7 Å². The van der Waals surface area contributed by atoms with E-state index >= 15 is 0 Å². The third-order valence-corrected chi connectivity index (χ3v) is 9.04. The van der Waals surface area contributed by atoms with Gasteiger partial charge in [-0.15, -0.1) is 0 Å². The van der Waals surface area contributed by atoms with Crippen LogP contribution in [0.4, 0.5) is 0 Å². The molecule has 2 saturated carbocycles. The molecule has 4 heterocycles. The van der Waals surface area contributed by atoms with E-state index in [1.165, 1.54) is 12.8 Å². The standard InChI is InChI=1S/C29H34N6O3/c1-33-24-21(32-26(33)22-13-19-6-5-11-31-25(19)35(22)15-18-7-8-18)12-20(14-23(24)38-2)27(36)34-16-29(37,17-34)28(30)9-3-4-10-28/h5-6,11-14,18,37H,3-4,7-10,15-17,30H2,1-2H3. The minimum Gasteiger partial charge on any atom is -0.494 e. The Morgan fingerprint density at radius 2 is 1.97 bits per heavy atom. The monoisotopic (exact) mass is 514 g/mol. The normalized spacial score (nSPS) is 20.3. The number of benzene rings is 1. The Labute approximate surface area is 221 Å². The van der Waals surface area contributed by atoms with E-state index in [2.05, 4.69) is 21.7 Å². The minimum absolute atomic E-state index is 0.143. The lowest BCUT2D eigenvalue weighted by atomic mass is 9.73. The van der Waals surface area contributed by atoms with Crippen LogP contribution in [0.3, 0.4) is 0 Å². The number of nitrogens with zero attached hydrogens (tertiary/aromatic N) is 5. The van der Waals surface area contributed by atoms with Crippen molar-refractivity contribution in [1.29, 1.82) is 0 Å². The van der Waals surface area contributed by atoms with Crippen molar-refractivity contribution in [2.24, 2.45) is 18.7 Å². The van der Waals surface area contributed by atoms with Gasteiger partial charge in [0.15, 0.2) is 5.82 Å². The highest BCUT2D eigenvalue weighted by molar-refractivity contribution is 6.00. The van der Waals surface area contributed by atoms with Crippen molar-refractivity contribution in [3.8, 4) is 17.3 Å². The van der Waals surface area contributed by atoms with Crippen LogP contribution in [-0.4, -0.2) is 66.4 Å². The van der Waals surface area contributed by atoms with Crippen LogP contribution in [0, 0.1) is 5.92 Å². The summed E-state index contributed by atoms with van der Waals surface area (Å²) >= 11 is 0. The first-order chi connectivity index (χ1) is 18.3. The molecule has 9 nitrogen and oxygen atoms in total. The van der Waals surface area contributed by atoms with E-state index in [4.69, 9.17) is 15.5 Å². The Balaban J connectivity index is 1.26. The second-order valence-electron chi connectivity index (χ2n) is 11.6. The van der Waals surface area contributed by atoms with Crippen LogP contribution in [0.2, 0.25) is 0 Å². The first-order valence-corrected chi connectivity index (χ1v) is 13.6. The van der Waals surface area contributed by atoms with E-state index in [0.717, 1.165) is 60.3 Å². The molecule has 7 rings (SSSR count). The number of hydrogen-bond donors (Lipinski definition) is 2. The lowest BCUT2D eigenvalue weighted by Crippen LogP contribution is -2.76. The summed E-state index contributed by atoms with van der Waals surface area (Å²) in [6, 6.07) is 9.81. The first-order valence-electron chi connectivity index (χ1n) is 13.6. The Bertz CT molecular complexity index is 1570. The van der Waals surface area contributed by atoms with Gasteiger partial charge in [-0.05, 0) is 61.9 Å². The fraction of sp³-hybridized carbons (Fsp3) is 0.483. The van der Waals surface area contributed by atoms with Gasteiger partial charge in [-0.3, -0.25) is 4.79 Å². The van der Waals surface area contributed by atoms with Crippen LogP contribution in [0.1, 0.15) is 48.9 Å². The van der Waals surface area contributed by atoms with Crippen molar-refractivity contribution < 1.29 is 14.6 Å². The van der Waals surface area contributed by atoms with Gasteiger partial charge in [0.2, 0.25) is 0 Å². The van der Waals surface area contributed by atoms with E-state index in [9.17, 15) is 9.90 Å². The predicted molar refractivity (Wildman–Crippen MR) is 145 cm³/mol. The number of hydrogen-bond acceptors (Lipinski definition) is 6. The summed E-state index contributed by atoms with van der Waals surface area (Å²) in [7, 11) is 3.60. The molecule has 3 aliphatic rings. The number of carbonyl (C=O) groups is 1. The Kier molecular flexibility index (Phi) is 5.16. The van der Waals surface area contributed by atoms with Gasteiger partial charge in [0.1, 0.15) is 22.5 Å². The van der Waals surface area contributed by atoms with E-state index < -0.39 is 11.1 Å². The van der Waals surface area contributed by atoms with Crippen LogP contribution in [0.15, 0.2) is 36.5 Å². The van der Waals surface area contributed by atoms with Crippen molar-refractivity contribution >= 4 is 28.0 Å². The number of aromatic nitrogens is 4. The number of rotatable bonds is 6. The maximum Gasteiger partial charge on any atom is 0.254 e. The molecule has 1 aliphatic heterocycles. The molecule has 38 heavy (non-hydrogen) atoms. The Hall–Kier alpha value is -3.43. The fourth-order valence-corrected chi connectivity index (χ4v) is 6.53. The zero-order valence-corrected chi connectivity index (χ0v) is 22.0. The summed E-state index contributed by atoms with van der Waals surface area (Å²) in [6.07, 6.45) is 7.97. The molecule has 9 heteroatoms. The lowest BCUT2D eigenvalue weighted by Gasteiger charge is -2.54. The average molecular weight is 515 g/mol. The highest BCUT2D eigenvalue weighted by atomic mass is 16.5. The number of ether oxygens (including phenoxy) is 1. The van der Waals surface area contributed by atoms with Gasteiger partial charge in [0.25, 0.3) is 5.91 Å². The smallest absolute Gasteiger partial charge is 0.254 e. The molecule has 3 aromatic heterocycles. The number of nitrogens with two attached hydrogens (primary N) is 1. The molecular formula is C29H34N6O3. The number of β-amino-alcohol motifs (C(OH)–C–C–N with tert-alkyl or cyclic N) is 1. The molecule has 1 saturated heterocycles. The van der Waals surface area contributed by atoms with E-state index in [1.807, 2.05) is 29.9 Å². The van der Waals surface area contributed by atoms with Gasteiger partial charge >= 0.3 is 0 Å². The van der Waals surface area contributed by atoms with Crippen molar-refractivity contribution in [2.75, 3.05) is 20.2 Å². The average Bonchev–Trinajstić information content (AvgIpc) is 3.34. The quantitative estimate of drug-likeness (QED) is 0.408. The number of fused-ring (bicyclic) bond motifs is 2. The molecule has 0 bridgehead atoms. The van der Waals surface area contributed by atoms with Crippen LogP contribution in [-0.2, 0) is 13.6 Å². The molecule has 0 spiro atoms. The molecule has 0 unspecified atom stereocenters. The topological polar surface area (TPSA) is 111 Å². The third-order valence-electron chi connectivity index (χ3n) is 9.04. The van der Waals surface area contributed by atoms with Gasteiger partial charge in [-0.1, -0.05) is 12.8 Å². The van der Waals surface area contributed by atoms with Gasteiger partial charge in [-0.2, -0.15) is 0 Å². The summed E-state index contributed by atoms with van der Waals surface area (Å²) in [5, 5.41) is 12.2. The maximum atomic E-state index is 13.5. The molecular weight excluding hydrogens is 480 g/mol. The minimum atomic E-state index is -1.02. The number of likely N-dealkylation sites (tertiary alicyclic amines) is 1. The largest absolute Gasteiger partial charge is 0.494 e. The molecule has 1 amide bonds. The zero-order chi connectivity index (χ0) is 26.2. The van der Waals surface area contributed by atoms with E-state index in [-0.39, 0.29) is 19.0 Å². The number of amides is 1. The van der Waals surface area contributed by atoms with Crippen molar-refractivity contribution in [3.63, 3.8) is 0 Å². The summed E-state index contributed by atoms with van der Waals surface area (Å²) < 4.78 is 10.1. The van der Waals surface area contributed by atoms with Crippen LogP contribution in [0.25, 0.3) is 33.6 Å². The summed E-state index contributed by atoms with van der Waals surface area (Å²) in [4.78, 5) is 24.8. The SMILES string of the molecule is COc1cc(C(=O)N2CC(O)(C3(N)CCCC3)C2)cc2nc(-c3cc4cccnc4n3CC3CC3)n(C)c12. The molecule has 0 atom stereocenters. The first kappa shape index (κ1) is 23.7. The molecule has 0 radical (unpaired) electrons. The number of methoxy groups -OCH3 is 1. The highest BCUT2D eigenvalue weighted by Crippen LogP contribution is 2.42. The summed E-state index contributed by atoms with van der Waals surface area (Å²) in [5.74, 6) is 1.94. The molecule has 1 aromatic carbocycles. The number of imidazole rings is 1. The van der Waals surface area contributed by atoms with Gasteiger partial charge in [0, 0.05) is 36.3 Å². The fourth-order valence-electron chi connectivity index (χ4n) is 6.53. The Morgan fingerprint density at radius 3 is 2.68 bits per heavy atom. The van der Waals surface area contributed by atoms with Crippen molar-refractivity contribution in [1.82, 2.24) is 24.0 Å². The maximum absolute atomic E-state index is 13.5. The number of aliphatic hydroxyl groups is 1. The van der Waals surface area contributed by atoms with Crippen molar-refractivity contribution in [2.45, 2.75) is 56.2 Å². The van der Waals surface area contributed by atoms with Crippen LogP contribution >= 0.6 is 0 Å². The van der Waals surface area contributed by atoms with Gasteiger partial charge < -0.3 is 29.6 Å². The van der Waals surface area contributed by atoms with Gasteiger partial charge in [0.05, 0.1) is 31.4 Å². The number of aryl methyl sites for hydroxylation is 1. The zero-order valence-electron chi connectivity index (χ0n) is 22.0. The van der Waals surface area contributed by atoms with Gasteiger partial charge in [-0.25, -0.2) is 9.97 Å². The number of carbonyl (C=O) groups excluding carboxylic acids is 1. The molecule has 2 aliphatic carbocycles. The summed E-state index contributed by atoms with van der Waals surface area (Å²) in [6.45, 7) is 1.43. The highest BCUT2D eigenvalue weighted by Gasteiger charge is 2.57. The van der Waals surface area contributed by atoms with Crippen LogP contribution < -0.4 is 10.5 Å². The molecule has 198 valence electrons. The second-order valence-corrected chi connectivity index (χ2v) is 11.6. The van der Waals surface area contributed by atoms with E-state index in [1.54, 1.807) is 18.1 Å². The van der Waals surface area contributed by atoms with Crippen molar-refractivity contribution in [3.05, 3.63) is 42.1 Å². The lowest BCUT2D eigenvalue weighted by molar-refractivity contribution is -0.128. The molecule has 3 N–H and O–H groups in total. The Morgan fingerprint density at radius 1 is 1.21 bits per heavy atom. The summed E-state index contributed by atoms with van der Waals surface area (Å²) in [5.41, 5.74) is 8.93. The number of pyridine rings is 1. The second kappa shape index (κ2) is 8.28.